The van der Waals surface area contributed by atoms with Crippen molar-refractivity contribution in [1.29, 1.82) is 0 Å². The molecular weight excluding hydrogens is 586 g/mol. The van der Waals surface area contributed by atoms with Gasteiger partial charge in [-0.3, -0.25) is 9.59 Å². The van der Waals surface area contributed by atoms with Crippen LogP contribution in [0.25, 0.3) is 11.1 Å². The molecule has 4 N–H and O–H groups in total. The Balaban J connectivity index is 1.56. The Morgan fingerprint density at radius 3 is 2.08 bits per heavy atom. The summed E-state index contributed by atoms with van der Waals surface area (Å²) >= 11 is 3.30. The topological polar surface area (TPSA) is 145 Å². The van der Waals surface area contributed by atoms with E-state index in [1.807, 2.05) is 0 Å². The molecule has 198 valence electrons. The van der Waals surface area contributed by atoms with Crippen molar-refractivity contribution in [3.63, 3.8) is 0 Å². The summed E-state index contributed by atoms with van der Waals surface area (Å²) in [6.07, 6.45) is 0. The van der Waals surface area contributed by atoms with Gasteiger partial charge >= 0.3 is 5.97 Å². The van der Waals surface area contributed by atoms with Gasteiger partial charge in [-0.15, -0.1) is 0 Å². The first-order chi connectivity index (χ1) is 18.6. The number of anilines is 2. The number of methoxy groups -OCH3 is 1. The second-order valence-corrected chi connectivity index (χ2v) is 10.7. The summed E-state index contributed by atoms with van der Waals surface area (Å²) in [4.78, 5) is 38.3. The molecule has 0 atom stereocenters. The molecule has 4 aromatic carbocycles. The predicted molar refractivity (Wildman–Crippen MR) is 151 cm³/mol. The van der Waals surface area contributed by atoms with Gasteiger partial charge in [0.05, 0.1) is 34.5 Å². The SMILES string of the molecule is COC(=O)c1cc(Br)ccc1NC(=O)c1ccccc1NC(=O)c1ccc(-c2ccccc2S(N)(=O)=O)cc1. The molecule has 0 fully saturated rings. The fourth-order valence-electron chi connectivity index (χ4n) is 3.83. The van der Waals surface area contributed by atoms with Crippen molar-refractivity contribution in [2.45, 2.75) is 4.90 Å². The number of carbonyl (C=O) groups excluding carboxylic acids is 3. The molecular formula is C28H22BrN3O6S. The number of nitrogens with two attached hydrogens (primary N) is 1. The number of nitrogens with one attached hydrogen (secondary N) is 2. The van der Waals surface area contributed by atoms with E-state index in [-0.39, 0.29) is 33.0 Å². The highest BCUT2D eigenvalue weighted by Crippen LogP contribution is 2.28. The van der Waals surface area contributed by atoms with E-state index in [9.17, 15) is 22.8 Å². The zero-order valence-corrected chi connectivity index (χ0v) is 22.9. The highest BCUT2D eigenvalue weighted by atomic mass is 79.9. The normalized spacial score (nSPS) is 10.9. The van der Waals surface area contributed by atoms with Crippen molar-refractivity contribution in [2.24, 2.45) is 5.14 Å². The number of ether oxygens (including phenoxy) is 1. The van der Waals surface area contributed by atoms with Crippen molar-refractivity contribution in [1.82, 2.24) is 0 Å². The van der Waals surface area contributed by atoms with E-state index in [0.29, 0.717) is 15.6 Å². The Hall–Kier alpha value is -4.32. The molecule has 2 amide bonds. The molecule has 0 bridgehead atoms. The van der Waals surface area contributed by atoms with Crippen LogP contribution in [0.2, 0.25) is 0 Å². The molecule has 0 aliphatic rings. The monoisotopic (exact) mass is 607 g/mol. The van der Waals surface area contributed by atoms with E-state index < -0.39 is 27.8 Å². The summed E-state index contributed by atoms with van der Waals surface area (Å²) in [6.45, 7) is 0. The van der Waals surface area contributed by atoms with Crippen molar-refractivity contribution >= 4 is 55.1 Å². The van der Waals surface area contributed by atoms with Crippen LogP contribution in [0.15, 0.2) is 100 Å². The first kappa shape index (κ1) is 27.7. The minimum Gasteiger partial charge on any atom is -0.465 e. The lowest BCUT2D eigenvalue weighted by atomic mass is 10.0. The largest absolute Gasteiger partial charge is 0.465 e. The highest BCUT2D eigenvalue weighted by Gasteiger charge is 2.19. The van der Waals surface area contributed by atoms with E-state index in [2.05, 4.69) is 26.6 Å². The van der Waals surface area contributed by atoms with E-state index in [1.165, 1.54) is 37.4 Å². The van der Waals surface area contributed by atoms with Gasteiger partial charge < -0.3 is 15.4 Å². The Kier molecular flexibility index (Phi) is 8.24. The van der Waals surface area contributed by atoms with Gasteiger partial charge in [0.1, 0.15) is 0 Å². The van der Waals surface area contributed by atoms with E-state index >= 15 is 0 Å². The molecule has 0 heterocycles. The quantitative estimate of drug-likeness (QED) is 0.251. The average molecular weight is 608 g/mol. The molecule has 0 saturated heterocycles. The number of hydrogen-bond donors (Lipinski definition) is 3. The second-order valence-electron chi connectivity index (χ2n) is 8.25. The van der Waals surface area contributed by atoms with Crippen molar-refractivity contribution in [2.75, 3.05) is 17.7 Å². The number of para-hydroxylation sites is 1. The first-order valence-electron chi connectivity index (χ1n) is 11.4. The molecule has 0 aliphatic carbocycles. The third-order valence-electron chi connectivity index (χ3n) is 5.71. The van der Waals surface area contributed by atoms with Gasteiger partial charge in [0.15, 0.2) is 0 Å². The van der Waals surface area contributed by atoms with Crippen molar-refractivity contribution in [3.05, 3.63) is 112 Å². The lowest BCUT2D eigenvalue weighted by molar-refractivity contribution is 0.0601. The maximum absolute atomic E-state index is 13.1. The van der Waals surface area contributed by atoms with Crippen molar-refractivity contribution < 1.29 is 27.5 Å². The number of carbonyl (C=O) groups is 3. The van der Waals surface area contributed by atoms with Crippen LogP contribution in [0.5, 0.6) is 0 Å². The van der Waals surface area contributed by atoms with Crippen molar-refractivity contribution in [3.8, 4) is 11.1 Å². The number of benzene rings is 4. The Bertz CT molecular complexity index is 1690. The standard InChI is InChI=1S/C28H22BrN3O6S/c1-38-28(35)22-16-19(29)14-15-24(22)32-27(34)21-7-2-4-8-23(21)31-26(33)18-12-10-17(11-13-18)20-6-3-5-9-25(20)39(30,36)37/h2-16H,1H3,(H,31,33)(H,32,34)(H2,30,36,37). The molecule has 11 heteroatoms. The first-order valence-corrected chi connectivity index (χ1v) is 13.7. The van der Waals surface area contributed by atoms with Gasteiger partial charge in [0.2, 0.25) is 10.0 Å². The fourth-order valence-corrected chi connectivity index (χ4v) is 4.95. The zero-order valence-electron chi connectivity index (χ0n) is 20.5. The molecule has 4 aromatic rings. The maximum atomic E-state index is 13.1. The number of amides is 2. The zero-order chi connectivity index (χ0) is 28.2. The third kappa shape index (κ3) is 6.40. The van der Waals surface area contributed by atoms with Gasteiger partial charge in [0, 0.05) is 15.6 Å². The maximum Gasteiger partial charge on any atom is 0.340 e. The number of sulfonamides is 1. The molecule has 0 unspecified atom stereocenters. The van der Waals surface area contributed by atoms with Gasteiger partial charge in [-0.25, -0.2) is 18.4 Å². The van der Waals surface area contributed by atoms with Gasteiger partial charge in [-0.1, -0.05) is 58.4 Å². The summed E-state index contributed by atoms with van der Waals surface area (Å²) in [5.41, 5.74) is 2.07. The number of halogens is 1. The van der Waals surface area contributed by atoms with E-state index in [1.54, 1.807) is 60.7 Å². The van der Waals surface area contributed by atoms with Crippen LogP contribution in [-0.2, 0) is 14.8 Å². The van der Waals surface area contributed by atoms with Gasteiger partial charge in [0.25, 0.3) is 11.8 Å². The van der Waals surface area contributed by atoms with Gasteiger partial charge in [-0.2, -0.15) is 0 Å². The Morgan fingerprint density at radius 1 is 0.769 bits per heavy atom. The van der Waals surface area contributed by atoms with Crippen LogP contribution in [0.4, 0.5) is 11.4 Å². The van der Waals surface area contributed by atoms with Crippen LogP contribution < -0.4 is 15.8 Å². The molecule has 0 radical (unpaired) electrons. The predicted octanol–water partition coefficient (Wildman–Crippen LogP) is 5.05. The number of rotatable bonds is 7. The summed E-state index contributed by atoms with van der Waals surface area (Å²) < 4.78 is 29.3. The van der Waals surface area contributed by atoms with E-state index in [0.717, 1.165) is 0 Å². The lowest BCUT2D eigenvalue weighted by Gasteiger charge is -2.14. The van der Waals surface area contributed by atoms with Crippen LogP contribution in [0, 0.1) is 0 Å². The second kappa shape index (κ2) is 11.6. The smallest absolute Gasteiger partial charge is 0.340 e. The highest BCUT2D eigenvalue weighted by molar-refractivity contribution is 9.10. The summed E-state index contributed by atoms with van der Waals surface area (Å²) in [5, 5.41) is 10.8. The molecule has 0 aromatic heterocycles. The molecule has 39 heavy (non-hydrogen) atoms. The number of esters is 1. The number of hydrogen-bond acceptors (Lipinski definition) is 6. The van der Waals surface area contributed by atoms with Crippen LogP contribution >= 0.6 is 15.9 Å². The summed E-state index contributed by atoms with van der Waals surface area (Å²) in [5.74, 6) is -1.66. The van der Waals surface area contributed by atoms with Crippen LogP contribution in [0.1, 0.15) is 31.1 Å². The summed E-state index contributed by atoms with van der Waals surface area (Å²) in [7, 11) is -2.70. The Morgan fingerprint density at radius 2 is 1.38 bits per heavy atom. The molecule has 0 spiro atoms. The average Bonchev–Trinajstić information content (AvgIpc) is 2.93. The van der Waals surface area contributed by atoms with E-state index in [4.69, 9.17) is 9.88 Å². The summed E-state index contributed by atoms with van der Waals surface area (Å²) in [6, 6.07) is 23.8. The molecule has 0 saturated carbocycles. The minimum absolute atomic E-state index is 0.0247. The molecule has 9 nitrogen and oxygen atoms in total. The minimum atomic E-state index is -3.94. The lowest BCUT2D eigenvalue weighted by Crippen LogP contribution is -2.19. The molecule has 4 rings (SSSR count). The van der Waals surface area contributed by atoms with Gasteiger partial charge in [-0.05, 0) is 54.1 Å². The third-order valence-corrected chi connectivity index (χ3v) is 7.17. The van der Waals surface area contributed by atoms with Crippen LogP contribution in [-0.4, -0.2) is 33.3 Å². The van der Waals surface area contributed by atoms with Crippen LogP contribution in [0.3, 0.4) is 0 Å². The molecule has 0 aliphatic heterocycles. The Labute approximate surface area is 233 Å². The number of primary sulfonamides is 1. The fraction of sp³-hybridized carbons (Fsp3) is 0.0357.